The molecule has 2 aromatic rings. The molecule has 0 amide bonds. The van der Waals surface area contributed by atoms with Crippen molar-refractivity contribution < 1.29 is 28.9 Å². The van der Waals surface area contributed by atoms with Gasteiger partial charge in [-0.05, 0) is 11.6 Å². The lowest BCUT2D eigenvalue weighted by molar-refractivity contribution is -0.385. The number of hydrogen-bond donors (Lipinski definition) is 0. The van der Waals surface area contributed by atoms with Crippen LogP contribution in [-0.4, -0.2) is 22.6 Å². The quantitative estimate of drug-likeness (QED) is 0.320. The third-order valence-electron chi connectivity index (χ3n) is 3.85. The third kappa shape index (κ3) is 4.48. The van der Waals surface area contributed by atoms with Crippen LogP contribution in [0.5, 0.6) is 5.75 Å². The van der Waals surface area contributed by atoms with Crippen molar-refractivity contribution in [1.29, 1.82) is 0 Å². The zero-order valence-corrected chi connectivity index (χ0v) is 14.4. The molecule has 0 saturated carbocycles. The van der Waals surface area contributed by atoms with Crippen LogP contribution in [0.2, 0.25) is 0 Å². The van der Waals surface area contributed by atoms with Gasteiger partial charge in [0, 0.05) is 41.5 Å². The second-order valence-electron chi connectivity index (χ2n) is 5.75. The van der Waals surface area contributed by atoms with Crippen molar-refractivity contribution in [3.8, 4) is 5.75 Å². The van der Waals surface area contributed by atoms with E-state index in [0.29, 0.717) is 22.4 Å². The van der Waals surface area contributed by atoms with Gasteiger partial charge in [-0.1, -0.05) is 12.1 Å². The van der Waals surface area contributed by atoms with E-state index in [1.807, 2.05) is 0 Å². The zero-order valence-electron chi connectivity index (χ0n) is 14.4. The lowest BCUT2D eigenvalue weighted by Crippen LogP contribution is -2.14. The van der Waals surface area contributed by atoms with E-state index in [1.54, 1.807) is 6.07 Å². The van der Waals surface area contributed by atoms with Crippen LogP contribution in [0.15, 0.2) is 42.5 Å². The molecule has 0 radical (unpaired) electrons. The summed E-state index contributed by atoms with van der Waals surface area (Å²) in [4.78, 5) is 32.7. The minimum Gasteiger partial charge on any atom is -0.467 e. The van der Waals surface area contributed by atoms with Crippen LogP contribution in [0.25, 0.3) is 6.08 Å². The van der Waals surface area contributed by atoms with Crippen LogP contribution in [0.1, 0.15) is 16.7 Å². The van der Waals surface area contributed by atoms with E-state index in [2.05, 4.69) is 0 Å². The average molecular weight is 386 g/mol. The van der Waals surface area contributed by atoms with Crippen LogP contribution in [-0.2, 0) is 27.5 Å². The molecule has 1 heterocycles. The first-order chi connectivity index (χ1) is 13.4. The SMILES string of the molecule is O=C(C=Cc1cccc([N+](=O)[O-])c1)OCc1cc([N+](=O)[O-])cc2c1OCOC2. The maximum atomic E-state index is 12.0. The van der Waals surface area contributed by atoms with Crippen molar-refractivity contribution in [2.24, 2.45) is 0 Å². The second-order valence-corrected chi connectivity index (χ2v) is 5.75. The predicted octanol–water partition coefficient (Wildman–Crippen LogP) is 3.13. The number of benzene rings is 2. The average Bonchev–Trinajstić information content (AvgIpc) is 2.70. The largest absolute Gasteiger partial charge is 0.467 e. The van der Waals surface area contributed by atoms with Gasteiger partial charge >= 0.3 is 5.97 Å². The van der Waals surface area contributed by atoms with Crippen molar-refractivity contribution in [3.05, 3.63) is 79.4 Å². The molecule has 1 aliphatic rings. The molecule has 10 heteroatoms. The first-order valence-corrected chi connectivity index (χ1v) is 8.04. The monoisotopic (exact) mass is 386 g/mol. The number of rotatable bonds is 6. The summed E-state index contributed by atoms with van der Waals surface area (Å²) in [5.41, 5.74) is 1.05. The fraction of sp³-hybridized carbons (Fsp3) is 0.167. The summed E-state index contributed by atoms with van der Waals surface area (Å²) in [6.45, 7) is -0.0782. The van der Waals surface area contributed by atoms with Crippen LogP contribution in [0.4, 0.5) is 11.4 Å². The Kier molecular flexibility index (Phi) is 5.61. The number of esters is 1. The highest BCUT2D eigenvalue weighted by molar-refractivity contribution is 5.87. The van der Waals surface area contributed by atoms with Gasteiger partial charge in [0.1, 0.15) is 12.4 Å². The standard InChI is InChI=1S/C18H14N2O8/c21-17(5-4-12-2-1-3-15(6-12)19(22)23)27-10-14-8-16(20(24)25)7-13-9-26-11-28-18(13)14/h1-8H,9-11H2. The first kappa shape index (κ1) is 19.0. The topological polar surface area (TPSA) is 131 Å². The molecule has 0 spiro atoms. The summed E-state index contributed by atoms with van der Waals surface area (Å²) >= 11 is 0. The first-order valence-electron chi connectivity index (χ1n) is 8.04. The molecule has 0 N–H and O–H groups in total. The van der Waals surface area contributed by atoms with Crippen molar-refractivity contribution in [2.45, 2.75) is 13.2 Å². The van der Waals surface area contributed by atoms with Crippen LogP contribution >= 0.6 is 0 Å². The van der Waals surface area contributed by atoms with Crippen molar-refractivity contribution in [2.75, 3.05) is 6.79 Å². The molecule has 0 bridgehead atoms. The Labute approximate surface area is 158 Å². The fourth-order valence-electron chi connectivity index (χ4n) is 2.60. The molecule has 0 unspecified atom stereocenters. The molecule has 2 aromatic carbocycles. The molecule has 0 atom stereocenters. The summed E-state index contributed by atoms with van der Waals surface area (Å²) in [6.07, 6.45) is 2.50. The number of ether oxygens (including phenoxy) is 3. The predicted molar refractivity (Wildman–Crippen MR) is 95.3 cm³/mol. The molecule has 28 heavy (non-hydrogen) atoms. The summed E-state index contributed by atoms with van der Waals surface area (Å²) < 4.78 is 15.6. The molecule has 0 saturated heterocycles. The van der Waals surface area contributed by atoms with Gasteiger partial charge in [0.25, 0.3) is 11.4 Å². The van der Waals surface area contributed by atoms with Crippen LogP contribution in [0, 0.1) is 20.2 Å². The maximum absolute atomic E-state index is 12.0. The van der Waals surface area contributed by atoms with E-state index in [-0.39, 0.29) is 31.4 Å². The smallest absolute Gasteiger partial charge is 0.331 e. The lowest BCUT2D eigenvalue weighted by Gasteiger charge is -2.20. The van der Waals surface area contributed by atoms with Gasteiger partial charge < -0.3 is 14.2 Å². The van der Waals surface area contributed by atoms with Crippen molar-refractivity contribution in [3.63, 3.8) is 0 Å². The second kappa shape index (κ2) is 8.27. The molecule has 0 fully saturated rings. The number of hydrogen-bond acceptors (Lipinski definition) is 8. The number of carbonyl (C=O) groups excluding carboxylic acids is 1. The summed E-state index contributed by atoms with van der Waals surface area (Å²) in [5, 5.41) is 21.8. The van der Waals surface area contributed by atoms with Crippen molar-refractivity contribution in [1.82, 2.24) is 0 Å². The molecular formula is C18H14N2O8. The van der Waals surface area contributed by atoms with E-state index in [9.17, 15) is 25.0 Å². The molecule has 0 aromatic heterocycles. The molecular weight excluding hydrogens is 372 g/mol. The van der Waals surface area contributed by atoms with E-state index >= 15 is 0 Å². The Bertz CT molecular complexity index is 970. The van der Waals surface area contributed by atoms with Gasteiger partial charge in [-0.2, -0.15) is 0 Å². The van der Waals surface area contributed by atoms with Crippen molar-refractivity contribution >= 4 is 23.4 Å². The number of nitro benzene ring substituents is 2. The number of non-ortho nitro benzene ring substituents is 2. The Morgan fingerprint density at radius 1 is 1.14 bits per heavy atom. The summed E-state index contributed by atoms with van der Waals surface area (Å²) in [5.74, 6) is -0.314. The number of nitro groups is 2. The Balaban J connectivity index is 1.71. The number of nitrogens with zero attached hydrogens (tertiary/aromatic N) is 2. The molecule has 0 aliphatic carbocycles. The molecule has 3 rings (SSSR count). The minimum atomic E-state index is -0.709. The highest BCUT2D eigenvalue weighted by Gasteiger charge is 2.21. The minimum absolute atomic E-state index is 0.00154. The van der Waals surface area contributed by atoms with Gasteiger partial charge in [0.2, 0.25) is 0 Å². The third-order valence-corrected chi connectivity index (χ3v) is 3.85. The van der Waals surface area contributed by atoms with E-state index in [4.69, 9.17) is 14.2 Å². The lowest BCUT2D eigenvalue weighted by atomic mass is 10.1. The number of carbonyl (C=O) groups is 1. The van der Waals surface area contributed by atoms with Gasteiger partial charge in [-0.15, -0.1) is 0 Å². The van der Waals surface area contributed by atoms with Crippen LogP contribution < -0.4 is 4.74 Å². The Morgan fingerprint density at radius 3 is 2.68 bits per heavy atom. The molecule has 10 nitrogen and oxygen atoms in total. The van der Waals surface area contributed by atoms with Gasteiger partial charge in [-0.25, -0.2) is 4.79 Å². The molecule has 144 valence electrons. The maximum Gasteiger partial charge on any atom is 0.331 e. The van der Waals surface area contributed by atoms with Gasteiger partial charge in [-0.3, -0.25) is 20.2 Å². The zero-order chi connectivity index (χ0) is 20.1. The number of fused-ring (bicyclic) bond motifs is 1. The summed E-state index contributed by atoms with van der Waals surface area (Å²) in [7, 11) is 0. The highest BCUT2D eigenvalue weighted by atomic mass is 16.7. The van der Waals surface area contributed by atoms with Gasteiger partial charge in [0.05, 0.1) is 16.5 Å². The summed E-state index contributed by atoms with van der Waals surface area (Å²) in [6, 6.07) is 8.38. The van der Waals surface area contributed by atoms with E-state index < -0.39 is 15.8 Å². The Morgan fingerprint density at radius 2 is 1.93 bits per heavy atom. The Hall–Kier alpha value is -3.79. The van der Waals surface area contributed by atoms with Crippen LogP contribution in [0.3, 0.4) is 0 Å². The fourth-order valence-corrected chi connectivity index (χ4v) is 2.60. The normalized spacial score (nSPS) is 12.9. The van der Waals surface area contributed by atoms with E-state index in [1.165, 1.54) is 36.4 Å². The molecule has 1 aliphatic heterocycles. The highest BCUT2D eigenvalue weighted by Crippen LogP contribution is 2.33. The van der Waals surface area contributed by atoms with E-state index in [0.717, 1.165) is 6.08 Å². The van der Waals surface area contributed by atoms with Gasteiger partial charge in [0.15, 0.2) is 6.79 Å².